The number of aromatic nitrogens is 2. The van der Waals surface area contributed by atoms with Crippen LogP contribution in [0.4, 0.5) is 11.4 Å². The molecule has 9 heteroatoms. The molecule has 0 saturated carbocycles. The molecule has 0 fully saturated rings. The van der Waals surface area contributed by atoms with Crippen molar-refractivity contribution < 1.29 is 15.0 Å². The van der Waals surface area contributed by atoms with Gasteiger partial charge in [0.2, 0.25) is 0 Å². The van der Waals surface area contributed by atoms with Gasteiger partial charge >= 0.3 is 5.97 Å². The second-order valence-corrected chi connectivity index (χ2v) is 6.46. The van der Waals surface area contributed by atoms with Gasteiger partial charge in [-0.3, -0.25) is 9.48 Å². The smallest absolute Gasteiger partial charge is 0.339 e. The third-order valence-corrected chi connectivity index (χ3v) is 4.48. The summed E-state index contributed by atoms with van der Waals surface area (Å²) >= 11 is 5.26. The minimum absolute atomic E-state index is 0.133. The number of thiocarbonyl (C=S) groups is 1. The van der Waals surface area contributed by atoms with Gasteiger partial charge in [-0.1, -0.05) is 18.2 Å². The highest BCUT2D eigenvalue weighted by Crippen LogP contribution is 2.22. The summed E-state index contributed by atoms with van der Waals surface area (Å²) in [5, 5.41) is 24.6. The lowest BCUT2D eigenvalue weighted by molar-refractivity contribution is 0.0694. The number of hydrogen-bond donors (Lipinski definition) is 4. The van der Waals surface area contributed by atoms with Crippen molar-refractivity contribution in [1.29, 1.82) is 0 Å². The van der Waals surface area contributed by atoms with Crippen molar-refractivity contribution in [3.8, 4) is 11.4 Å². The molecule has 0 bridgehead atoms. The molecule has 1 aromatic heterocycles. The maximum Gasteiger partial charge on any atom is 0.339 e. The first-order valence-electron chi connectivity index (χ1n) is 8.28. The molecule has 3 rings (SSSR count). The number of anilines is 2. The van der Waals surface area contributed by atoms with Gasteiger partial charge in [-0.15, -0.1) is 0 Å². The van der Waals surface area contributed by atoms with Gasteiger partial charge in [-0.2, -0.15) is 0 Å². The summed E-state index contributed by atoms with van der Waals surface area (Å²) in [5.74, 6) is -1.62. The highest BCUT2D eigenvalue weighted by molar-refractivity contribution is 7.80. The molecule has 1 heterocycles. The van der Waals surface area contributed by atoms with Crippen molar-refractivity contribution in [3.63, 3.8) is 0 Å². The maximum absolute atomic E-state index is 12.9. The van der Waals surface area contributed by atoms with Gasteiger partial charge < -0.3 is 20.8 Å². The summed E-state index contributed by atoms with van der Waals surface area (Å²) in [6.07, 6.45) is 0. The largest absolute Gasteiger partial charge is 0.507 e. The van der Waals surface area contributed by atoms with Crippen LogP contribution in [0.1, 0.15) is 16.1 Å². The number of carboxylic acids is 1. The summed E-state index contributed by atoms with van der Waals surface area (Å²) in [7, 11) is 1.77. The Morgan fingerprint density at radius 3 is 2.39 bits per heavy atom. The topological polar surface area (TPSA) is 109 Å². The third-order valence-electron chi connectivity index (χ3n) is 4.28. The molecule has 0 atom stereocenters. The first-order valence-corrected chi connectivity index (χ1v) is 8.68. The number of nitrogens with zero attached hydrogens (tertiary/aromatic N) is 2. The van der Waals surface area contributed by atoms with Gasteiger partial charge in [-0.05, 0) is 43.4 Å². The minimum Gasteiger partial charge on any atom is -0.507 e. The lowest BCUT2D eigenvalue weighted by atomic mass is 10.2. The summed E-state index contributed by atoms with van der Waals surface area (Å²) in [6.45, 7) is 1.79. The summed E-state index contributed by atoms with van der Waals surface area (Å²) < 4.78 is 3.24. The van der Waals surface area contributed by atoms with Crippen LogP contribution in [0.25, 0.3) is 5.69 Å². The van der Waals surface area contributed by atoms with Crippen LogP contribution in [0.3, 0.4) is 0 Å². The molecule has 0 radical (unpaired) electrons. The van der Waals surface area contributed by atoms with E-state index in [4.69, 9.17) is 17.3 Å². The van der Waals surface area contributed by atoms with Gasteiger partial charge in [0, 0.05) is 18.8 Å². The fourth-order valence-corrected chi connectivity index (χ4v) is 3.00. The van der Waals surface area contributed by atoms with Crippen molar-refractivity contribution in [2.45, 2.75) is 6.92 Å². The first kappa shape index (κ1) is 19.2. The monoisotopic (exact) mass is 398 g/mol. The minimum atomic E-state index is -1.23. The molecule has 144 valence electrons. The molecule has 0 spiro atoms. The molecule has 0 saturated heterocycles. The third kappa shape index (κ3) is 3.60. The van der Waals surface area contributed by atoms with Gasteiger partial charge in [-0.25, -0.2) is 9.48 Å². The average Bonchev–Trinajstić information content (AvgIpc) is 2.85. The van der Waals surface area contributed by atoms with Crippen molar-refractivity contribution in [2.75, 3.05) is 10.6 Å². The van der Waals surface area contributed by atoms with E-state index in [0.717, 1.165) is 5.69 Å². The van der Waals surface area contributed by atoms with Crippen LogP contribution in [0.5, 0.6) is 5.75 Å². The number of aromatic carboxylic acids is 1. The fraction of sp³-hybridized carbons (Fsp3) is 0.105. The van der Waals surface area contributed by atoms with E-state index in [1.165, 1.54) is 22.9 Å². The maximum atomic E-state index is 12.9. The Kier molecular flexibility index (Phi) is 5.18. The average molecular weight is 398 g/mol. The number of carboxylic acid groups (broad SMARTS) is 1. The van der Waals surface area contributed by atoms with Crippen LogP contribution in [0.15, 0.2) is 53.3 Å². The highest BCUT2D eigenvalue weighted by Gasteiger charge is 2.17. The molecular formula is C19H18N4O4S. The van der Waals surface area contributed by atoms with E-state index in [9.17, 15) is 14.7 Å². The molecule has 0 aliphatic carbocycles. The Hall–Kier alpha value is -3.59. The number of hydrogen-bond acceptors (Lipinski definition) is 4. The Balaban J connectivity index is 1.85. The molecule has 0 aliphatic heterocycles. The zero-order valence-corrected chi connectivity index (χ0v) is 15.9. The van der Waals surface area contributed by atoms with E-state index in [0.29, 0.717) is 17.1 Å². The first-order chi connectivity index (χ1) is 13.3. The zero-order chi connectivity index (χ0) is 20.4. The van der Waals surface area contributed by atoms with Crippen LogP contribution in [-0.2, 0) is 7.05 Å². The van der Waals surface area contributed by atoms with E-state index in [-0.39, 0.29) is 22.0 Å². The van der Waals surface area contributed by atoms with Gasteiger partial charge in [0.15, 0.2) is 5.11 Å². The summed E-state index contributed by atoms with van der Waals surface area (Å²) in [5.41, 5.74) is 1.63. The molecule has 0 aliphatic rings. The Labute approximate surface area is 165 Å². The number of aromatic hydroxyl groups is 1. The van der Waals surface area contributed by atoms with E-state index in [1.807, 2.05) is 30.3 Å². The lowest BCUT2D eigenvalue weighted by Gasteiger charge is -2.10. The van der Waals surface area contributed by atoms with Crippen LogP contribution in [0.2, 0.25) is 0 Å². The number of rotatable bonds is 4. The van der Waals surface area contributed by atoms with Crippen molar-refractivity contribution in [1.82, 2.24) is 9.36 Å². The SMILES string of the molecule is Cc1c(NC(=S)Nc2ccc(C(=O)O)c(O)c2)c(=O)n(-c2ccccc2)n1C. The highest BCUT2D eigenvalue weighted by atomic mass is 32.1. The summed E-state index contributed by atoms with van der Waals surface area (Å²) in [6, 6.07) is 13.2. The van der Waals surface area contributed by atoms with Crippen LogP contribution in [0, 0.1) is 6.92 Å². The van der Waals surface area contributed by atoms with Crippen molar-refractivity contribution in [2.24, 2.45) is 7.05 Å². The van der Waals surface area contributed by atoms with Gasteiger partial charge in [0.25, 0.3) is 5.56 Å². The second kappa shape index (κ2) is 7.57. The Bertz CT molecular complexity index is 1120. The normalized spacial score (nSPS) is 10.5. The molecule has 2 aromatic carbocycles. The van der Waals surface area contributed by atoms with Crippen molar-refractivity contribution >= 4 is 34.7 Å². The predicted molar refractivity (Wildman–Crippen MR) is 111 cm³/mol. The van der Waals surface area contributed by atoms with E-state index in [2.05, 4.69) is 10.6 Å². The second-order valence-electron chi connectivity index (χ2n) is 6.05. The zero-order valence-electron chi connectivity index (χ0n) is 15.1. The molecule has 0 amide bonds. The summed E-state index contributed by atoms with van der Waals surface area (Å²) in [4.78, 5) is 23.8. The number of carbonyl (C=O) groups is 1. The van der Waals surface area contributed by atoms with E-state index < -0.39 is 5.97 Å². The fourth-order valence-electron chi connectivity index (χ4n) is 2.78. The van der Waals surface area contributed by atoms with Crippen molar-refractivity contribution in [3.05, 3.63) is 70.1 Å². The number of phenols is 1. The Morgan fingerprint density at radius 2 is 1.79 bits per heavy atom. The standard InChI is InChI=1S/C19H18N4O4S/c1-11-16(17(25)23(22(11)2)13-6-4-3-5-7-13)21-19(28)20-12-8-9-14(18(26)27)15(24)10-12/h3-10,24H,1-2H3,(H,26,27)(H2,20,21,28). The lowest BCUT2D eigenvalue weighted by Crippen LogP contribution is -2.25. The predicted octanol–water partition coefficient (Wildman–Crippen LogP) is 2.70. The van der Waals surface area contributed by atoms with Gasteiger partial charge in [0.05, 0.1) is 11.4 Å². The number of benzene rings is 2. The molecule has 4 N–H and O–H groups in total. The molecule has 8 nitrogen and oxygen atoms in total. The molecule has 0 unspecified atom stereocenters. The molecular weight excluding hydrogens is 380 g/mol. The number of para-hydroxylation sites is 1. The molecule has 28 heavy (non-hydrogen) atoms. The number of nitrogens with one attached hydrogen (secondary N) is 2. The van der Waals surface area contributed by atoms with E-state index >= 15 is 0 Å². The van der Waals surface area contributed by atoms with E-state index in [1.54, 1.807) is 18.7 Å². The van der Waals surface area contributed by atoms with Crippen LogP contribution < -0.4 is 16.2 Å². The van der Waals surface area contributed by atoms with Crippen LogP contribution >= 0.6 is 12.2 Å². The molecule has 3 aromatic rings. The van der Waals surface area contributed by atoms with Gasteiger partial charge in [0.1, 0.15) is 17.0 Å². The quantitative estimate of drug-likeness (QED) is 0.500. The van der Waals surface area contributed by atoms with Crippen LogP contribution in [-0.4, -0.2) is 30.7 Å². The Morgan fingerprint density at radius 1 is 1.11 bits per heavy atom.